The first-order valence-corrected chi connectivity index (χ1v) is 6.11. The summed E-state index contributed by atoms with van der Waals surface area (Å²) in [5.41, 5.74) is 1.84. The number of anilines is 1. The van der Waals surface area contributed by atoms with E-state index in [1.165, 1.54) is 12.1 Å². The van der Waals surface area contributed by atoms with Gasteiger partial charge in [0.2, 0.25) is 0 Å². The van der Waals surface area contributed by atoms with Gasteiger partial charge in [-0.2, -0.15) is 0 Å². The van der Waals surface area contributed by atoms with Crippen molar-refractivity contribution in [2.75, 3.05) is 5.32 Å². The molecule has 0 radical (unpaired) electrons. The first-order chi connectivity index (χ1) is 8.15. The SMILES string of the molecule is Fc1ccc(CNc2ccc(Cl)nc2)c(Br)c1. The van der Waals surface area contributed by atoms with Gasteiger partial charge in [0.05, 0.1) is 11.9 Å². The van der Waals surface area contributed by atoms with Crippen molar-refractivity contribution < 1.29 is 4.39 Å². The molecule has 2 aromatic rings. The normalized spacial score (nSPS) is 10.3. The Labute approximate surface area is 112 Å². The zero-order valence-corrected chi connectivity index (χ0v) is 11.1. The molecule has 17 heavy (non-hydrogen) atoms. The Morgan fingerprint density at radius 2 is 2.12 bits per heavy atom. The Hall–Kier alpha value is -1.13. The second kappa shape index (κ2) is 5.47. The van der Waals surface area contributed by atoms with E-state index in [1.54, 1.807) is 18.3 Å². The Balaban J connectivity index is 2.04. The number of nitrogens with one attached hydrogen (secondary N) is 1. The molecule has 0 aliphatic rings. The largest absolute Gasteiger partial charge is 0.380 e. The van der Waals surface area contributed by atoms with Gasteiger partial charge in [-0.1, -0.05) is 33.6 Å². The maximum absolute atomic E-state index is 12.9. The highest BCUT2D eigenvalue weighted by Gasteiger charge is 2.01. The number of nitrogens with zero attached hydrogens (tertiary/aromatic N) is 1. The lowest BCUT2D eigenvalue weighted by atomic mass is 10.2. The highest BCUT2D eigenvalue weighted by Crippen LogP contribution is 2.19. The second-order valence-corrected chi connectivity index (χ2v) is 4.70. The number of pyridine rings is 1. The molecule has 2 rings (SSSR count). The average molecular weight is 316 g/mol. The third-order valence-corrected chi connectivity index (χ3v) is 3.19. The minimum Gasteiger partial charge on any atom is -0.380 e. The van der Waals surface area contributed by atoms with Crippen molar-refractivity contribution in [3.63, 3.8) is 0 Å². The third kappa shape index (κ3) is 3.41. The van der Waals surface area contributed by atoms with Crippen LogP contribution in [0.5, 0.6) is 0 Å². The summed E-state index contributed by atoms with van der Waals surface area (Å²) in [5, 5.41) is 3.63. The maximum Gasteiger partial charge on any atom is 0.129 e. The summed E-state index contributed by atoms with van der Waals surface area (Å²) < 4.78 is 13.6. The van der Waals surface area contributed by atoms with Crippen LogP contribution < -0.4 is 5.32 Å². The van der Waals surface area contributed by atoms with Crippen molar-refractivity contribution >= 4 is 33.2 Å². The molecule has 0 spiro atoms. The van der Waals surface area contributed by atoms with Crippen molar-refractivity contribution in [2.45, 2.75) is 6.54 Å². The summed E-state index contributed by atoms with van der Waals surface area (Å²) in [6, 6.07) is 8.16. The summed E-state index contributed by atoms with van der Waals surface area (Å²) in [6.07, 6.45) is 1.65. The van der Waals surface area contributed by atoms with E-state index in [4.69, 9.17) is 11.6 Å². The van der Waals surface area contributed by atoms with Crippen molar-refractivity contribution in [3.8, 4) is 0 Å². The molecular weight excluding hydrogens is 307 g/mol. The smallest absolute Gasteiger partial charge is 0.129 e. The molecule has 0 bridgehead atoms. The monoisotopic (exact) mass is 314 g/mol. The Morgan fingerprint density at radius 1 is 1.29 bits per heavy atom. The van der Waals surface area contributed by atoms with Gasteiger partial charge in [0.1, 0.15) is 11.0 Å². The van der Waals surface area contributed by atoms with E-state index >= 15 is 0 Å². The molecule has 0 unspecified atom stereocenters. The van der Waals surface area contributed by atoms with Crippen molar-refractivity contribution in [1.82, 2.24) is 4.98 Å². The predicted octanol–water partition coefficient (Wildman–Crippen LogP) is 4.25. The van der Waals surface area contributed by atoms with Crippen LogP contribution in [0.15, 0.2) is 41.0 Å². The van der Waals surface area contributed by atoms with Crippen LogP contribution in [0, 0.1) is 5.82 Å². The van der Waals surface area contributed by atoms with Crippen LogP contribution in [-0.4, -0.2) is 4.98 Å². The van der Waals surface area contributed by atoms with Crippen LogP contribution in [-0.2, 0) is 6.54 Å². The number of hydrogen-bond donors (Lipinski definition) is 1. The highest BCUT2D eigenvalue weighted by molar-refractivity contribution is 9.10. The fraction of sp³-hybridized carbons (Fsp3) is 0.0833. The van der Waals surface area contributed by atoms with Crippen LogP contribution in [0.1, 0.15) is 5.56 Å². The number of halogens is 3. The minimum atomic E-state index is -0.256. The fourth-order valence-corrected chi connectivity index (χ4v) is 1.95. The molecule has 88 valence electrons. The Kier molecular flexibility index (Phi) is 3.97. The van der Waals surface area contributed by atoms with E-state index in [0.717, 1.165) is 15.7 Å². The standard InChI is InChI=1S/C12H9BrClFN2/c13-11-5-9(15)2-1-8(11)6-16-10-3-4-12(14)17-7-10/h1-5,7,16H,6H2. The van der Waals surface area contributed by atoms with Crippen LogP contribution >= 0.6 is 27.5 Å². The lowest BCUT2D eigenvalue weighted by Crippen LogP contribution is -2.00. The molecule has 0 fully saturated rings. The second-order valence-electron chi connectivity index (χ2n) is 3.46. The fourth-order valence-electron chi connectivity index (χ4n) is 1.34. The van der Waals surface area contributed by atoms with Gasteiger partial charge in [0, 0.05) is 11.0 Å². The number of aromatic nitrogens is 1. The Morgan fingerprint density at radius 3 is 2.76 bits per heavy atom. The number of hydrogen-bond acceptors (Lipinski definition) is 2. The first-order valence-electron chi connectivity index (χ1n) is 4.94. The lowest BCUT2D eigenvalue weighted by Gasteiger charge is -2.08. The first kappa shape index (κ1) is 12.3. The summed E-state index contributed by atoms with van der Waals surface area (Å²) in [6.45, 7) is 0.587. The summed E-state index contributed by atoms with van der Waals surface area (Å²) in [5.74, 6) is -0.256. The van der Waals surface area contributed by atoms with Gasteiger partial charge in [0.25, 0.3) is 0 Å². The molecule has 1 N–H and O–H groups in total. The molecule has 2 nitrogen and oxygen atoms in total. The summed E-state index contributed by atoms with van der Waals surface area (Å²) in [7, 11) is 0. The molecule has 0 amide bonds. The molecule has 1 aromatic carbocycles. The lowest BCUT2D eigenvalue weighted by molar-refractivity contribution is 0.626. The van der Waals surface area contributed by atoms with Gasteiger partial charge < -0.3 is 5.32 Å². The molecule has 1 aromatic heterocycles. The minimum absolute atomic E-state index is 0.256. The molecule has 0 atom stereocenters. The van der Waals surface area contributed by atoms with Gasteiger partial charge in [-0.15, -0.1) is 0 Å². The molecule has 0 aliphatic carbocycles. The van der Waals surface area contributed by atoms with E-state index in [2.05, 4.69) is 26.2 Å². The Bertz CT molecular complexity index is 516. The van der Waals surface area contributed by atoms with Crippen molar-refractivity contribution in [1.29, 1.82) is 0 Å². The van der Waals surface area contributed by atoms with Gasteiger partial charge in [-0.25, -0.2) is 9.37 Å². The predicted molar refractivity (Wildman–Crippen MR) is 70.7 cm³/mol. The van der Waals surface area contributed by atoms with Gasteiger partial charge in [0.15, 0.2) is 0 Å². The third-order valence-electron chi connectivity index (χ3n) is 2.23. The van der Waals surface area contributed by atoms with Crippen molar-refractivity contribution in [3.05, 3.63) is 57.5 Å². The molecule has 5 heteroatoms. The molecule has 0 saturated carbocycles. The number of rotatable bonds is 3. The van der Waals surface area contributed by atoms with Crippen LogP contribution in [0.2, 0.25) is 5.15 Å². The maximum atomic E-state index is 12.9. The van der Waals surface area contributed by atoms with Crippen LogP contribution in [0.3, 0.4) is 0 Å². The highest BCUT2D eigenvalue weighted by atomic mass is 79.9. The quantitative estimate of drug-likeness (QED) is 0.857. The molecule has 1 heterocycles. The van der Waals surface area contributed by atoms with E-state index < -0.39 is 0 Å². The van der Waals surface area contributed by atoms with Crippen molar-refractivity contribution in [2.24, 2.45) is 0 Å². The summed E-state index contributed by atoms with van der Waals surface area (Å²) in [4.78, 5) is 3.96. The van der Waals surface area contributed by atoms with Crippen LogP contribution in [0.25, 0.3) is 0 Å². The van der Waals surface area contributed by atoms with E-state index in [-0.39, 0.29) is 5.82 Å². The molecule has 0 saturated heterocycles. The average Bonchev–Trinajstić information content (AvgIpc) is 2.30. The van der Waals surface area contributed by atoms with E-state index in [1.807, 2.05) is 6.07 Å². The van der Waals surface area contributed by atoms with Gasteiger partial charge in [-0.3, -0.25) is 0 Å². The topological polar surface area (TPSA) is 24.9 Å². The van der Waals surface area contributed by atoms with Gasteiger partial charge in [-0.05, 0) is 29.8 Å². The molecular formula is C12H9BrClFN2. The van der Waals surface area contributed by atoms with E-state index in [9.17, 15) is 4.39 Å². The van der Waals surface area contributed by atoms with E-state index in [0.29, 0.717) is 11.7 Å². The molecule has 0 aliphatic heterocycles. The van der Waals surface area contributed by atoms with Gasteiger partial charge >= 0.3 is 0 Å². The zero-order chi connectivity index (χ0) is 12.3. The van der Waals surface area contributed by atoms with Crippen LogP contribution in [0.4, 0.5) is 10.1 Å². The number of benzene rings is 1. The zero-order valence-electron chi connectivity index (χ0n) is 8.75. The summed E-state index contributed by atoms with van der Waals surface area (Å²) >= 11 is 9.00.